The van der Waals surface area contributed by atoms with Crippen LogP contribution in [0.5, 0.6) is 0 Å². The lowest BCUT2D eigenvalue weighted by molar-refractivity contribution is -0.385. The van der Waals surface area contributed by atoms with Crippen LogP contribution in [-0.4, -0.2) is 44.6 Å². The second-order valence-electron chi connectivity index (χ2n) is 7.07. The minimum atomic E-state index is -0.980. The Morgan fingerprint density at radius 1 is 1.52 bits per heavy atom. The van der Waals surface area contributed by atoms with Crippen molar-refractivity contribution < 1.29 is 9.72 Å². The molecule has 1 amide bonds. The second-order valence-corrected chi connectivity index (χ2v) is 7.07. The number of nitro groups is 1. The van der Waals surface area contributed by atoms with Crippen molar-refractivity contribution in [2.24, 2.45) is 11.1 Å². The van der Waals surface area contributed by atoms with Crippen LogP contribution in [0.25, 0.3) is 0 Å². The van der Waals surface area contributed by atoms with Gasteiger partial charge in [-0.25, -0.2) is 0 Å². The third kappa shape index (κ3) is 3.64. The monoisotopic (exact) mass is 345 g/mol. The van der Waals surface area contributed by atoms with E-state index in [1.807, 2.05) is 13.8 Å². The van der Waals surface area contributed by atoms with Gasteiger partial charge in [-0.15, -0.1) is 12.4 Å². The average Bonchev–Trinajstić information content (AvgIpc) is 2.91. The molecule has 2 rings (SSSR count). The van der Waals surface area contributed by atoms with Gasteiger partial charge in [0.2, 0.25) is 5.91 Å². The van der Waals surface area contributed by atoms with Crippen LogP contribution in [0.15, 0.2) is 12.4 Å². The third-order valence-corrected chi connectivity index (χ3v) is 4.48. The zero-order valence-corrected chi connectivity index (χ0v) is 14.7. The number of nitrogens with two attached hydrogens (primary N) is 1. The van der Waals surface area contributed by atoms with Crippen molar-refractivity contribution in [3.63, 3.8) is 0 Å². The van der Waals surface area contributed by atoms with Crippen molar-refractivity contribution in [1.29, 1.82) is 0 Å². The van der Waals surface area contributed by atoms with Crippen LogP contribution >= 0.6 is 12.4 Å². The van der Waals surface area contributed by atoms with E-state index >= 15 is 0 Å². The Bertz CT molecular complexity index is 599. The Hall–Kier alpha value is -1.67. The molecule has 0 aliphatic carbocycles. The second kappa shape index (κ2) is 6.45. The lowest BCUT2D eigenvalue weighted by Gasteiger charge is -2.44. The van der Waals surface area contributed by atoms with E-state index in [-0.39, 0.29) is 35.5 Å². The molecule has 1 aromatic rings. The number of aromatic nitrogens is 2. The van der Waals surface area contributed by atoms with Crippen LogP contribution in [0.2, 0.25) is 0 Å². The lowest BCUT2D eigenvalue weighted by atomic mass is 9.79. The van der Waals surface area contributed by atoms with Gasteiger partial charge < -0.3 is 10.6 Å². The summed E-state index contributed by atoms with van der Waals surface area (Å²) in [6.07, 6.45) is 3.19. The highest BCUT2D eigenvalue weighted by atomic mass is 35.5. The molecule has 2 heterocycles. The summed E-state index contributed by atoms with van der Waals surface area (Å²) < 4.78 is 1.36. The summed E-state index contributed by atoms with van der Waals surface area (Å²) in [6.45, 7) is 8.68. The van der Waals surface area contributed by atoms with Crippen LogP contribution in [0, 0.1) is 15.5 Å². The van der Waals surface area contributed by atoms with Crippen LogP contribution in [0.4, 0.5) is 5.69 Å². The smallest absolute Gasteiger partial charge is 0.307 e. The Morgan fingerprint density at radius 3 is 2.61 bits per heavy atom. The molecule has 1 saturated heterocycles. The molecule has 0 aromatic carbocycles. The molecule has 1 aliphatic heterocycles. The van der Waals surface area contributed by atoms with Crippen molar-refractivity contribution in [2.75, 3.05) is 13.1 Å². The number of hydrogen-bond acceptors (Lipinski definition) is 5. The molecular weight excluding hydrogens is 322 g/mol. The molecule has 1 aliphatic rings. The van der Waals surface area contributed by atoms with Crippen LogP contribution < -0.4 is 5.73 Å². The highest BCUT2D eigenvalue weighted by Gasteiger charge is 2.41. The van der Waals surface area contributed by atoms with Gasteiger partial charge in [-0.2, -0.15) is 5.10 Å². The maximum absolute atomic E-state index is 12.8. The largest absolute Gasteiger partial charge is 0.340 e. The Kier molecular flexibility index (Phi) is 5.43. The number of hydrogen-bond donors (Lipinski definition) is 1. The minimum Gasteiger partial charge on any atom is -0.340 e. The summed E-state index contributed by atoms with van der Waals surface area (Å²) in [4.78, 5) is 24.9. The molecule has 0 saturated carbocycles. The van der Waals surface area contributed by atoms with Gasteiger partial charge in [-0.1, -0.05) is 13.8 Å². The van der Waals surface area contributed by atoms with E-state index in [2.05, 4.69) is 5.10 Å². The van der Waals surface area contributed by atoms with Crippen LogP contribution in [0.3, 0.4) is 0 Å². The average molecular weight is 346 g/mol. The molecular formula is C14H24ClN5O3. The Morgan fingerprint density at radius 2 is 2.13 bits per heavy atom. The number of likely N-dealkylation sites (tertiary alicyclic amines) is 1. The Labute approximate surface area is 141 Å². The standard InChI is InChI=1S/C14H23N5O3.ClH/c1-13(2)9-17(6-5-11(13)15)12(20)14(3,4)18-8-10(7-16-18)19(21)22;/h7-8,11H,5-6,9,15H2,1-4H3;1H. The van der Waals surface area contributed by atoms with Crippen LogP contribution in [0.1, 0.15) is 34.1 Å². The highest BCUT2D eigenvalue weighted by Crippen LogP contribution is 2.30. The number of rotatable bonds is 3. The fourth-order valence-corrected chi connectivity index (χ4v) is 2.75. The first-order valence-electron chi connectivity index (χ1n) is 7.30. The minimum absolute atomic E-state index is 0. The quantitative estimate of drug-likeness (QED) is 0.660. The zero-order valence-electron chi connectivity index (χ0n) is 13.9. The molecule has 1 fully saturated rings. The molecule has 0 bridgehead atoms. The van der Waals surface area contributed by atoms with Gasteiger partial charge in [0.05, 0.1) is 4.92 Å². The molecule has 8 nitrogen and oxygen atoms in total. The fraction of sp³-hybridized carbons (Fsp3) is 0.714. The van der Waals surface area contributed by atoms with E-state index in [1.54, 1.807) is 18.7 Å². The predicted octanol–water partition coefficient (Wildman–Crippen LogP) is 1.53. The van der Waals surface area contributed by atoms with E-state index in [1.165, 1.54) is 10.9 Å². The number of carbonyl (C=O) groups is 1. The van der Waals surface area contributed by atoms with Gasteiger partial charge in [0.15, 0.2) is 0 Å². The van der Waals surface area contributed by atoms with E-state index in [0.717, 1.165) is 12.6 Å². The third-order valence-electron chi connectivity index (χ3n) is 4.48. The molecule has 9 heteroatoms. The Balaban J connectivity index is 0.00000264. The predicted molar refractivity (Wildman–Crippen MR) is 88.4 cm³/mol. The highest BCUT2D eigenvalue weighted by molar-refractivity contribution is 5.85. The van der Waals surface area contributed by atoms with Crippen LogP contribution in [-0.2, 0) is 10.3 Å². The number of amides is 1. The van der Waals surface area contributed by atoms with E-state index in [0.29, 0.717) is 13.1 Å². The SMILES string of the molecule is CC1(C)CN(C(=O)C(C)(C)n2cc([N+](=O)[O-])cn2)CCC1N.Cl. The molecule has 0 spiro atoms. The van der Waals surface area contributed by atoms with Crippen molar-refractivity contribution >= 4 is 24.0 Å². The maximum Gasteiger partial charge on any atom is 0.307 e. The summed E-state index contributed by atoms with van der Waals surface area (Å²) >= 11 is 0. The molecule has 23 heavy (non-hydrogen) atoms. The number of piperidine rings is 1. The number of carbonyl (C=O) groups excluding carboxylic acids is 1. The van der Waals surface area contributed by atoms with E-state index in [9.17, 15) is 14.9 Å². The summed E-state index contributed by atoms with van der Waals surface area (Å²) in [6, 6.07) is 0.0606. The first-order valence-corrected chi connectivity index (χ1v) is 7.30. The van der Waals surface area contributed by atoms with E-state index < -0.39 is 10.5 Å². The molecule has 1 aromatic heterocycles. The van der Waals surface area contributed by atoms with Crippen molar-refractivity contribution in [2.45, 2.75) is 45.7 Å². The van der Waals surface area contributed by atoms with Gasteiger partial charge in [-0.05, 0) is 25.7 Å². The summed E-state index contributed by atoms with van der Waals surface area (Å²) in [5, 5.41) is 14.8. The van der Waals surface area contributed by atoms with Gasteiger partial charge >= 0.3 is 5.69 Å². The van der Waals surface area contributed by atoms with E-state index in [4.69, 9.17) is 5.73 Å². The van der Waals surface area contributed by atoms with Gasteiger partial charge in [0.25, 0.3) is 0 Å². The summed E-state index contributed by atoms with van der Waals surface area (Å²) in [7, 11) is 0. The fourth-order valence-electron chi connectivity index (χ4n) is 2.75. The lowest BCUT2D eigenvalue weighted by Crippen LogP contribution is -2.57. The molecule has 1 atom stereocenters. The first kappa shape index (κ1) is 19.4. The molecule has 2 N–H and O–H groups in total. The molecule has 130 valence electrons. The van der Waals surface area contributed by atoms with Gasteiger partial charge in [0, 0.05) is 19.1 Å². The molecule has 0 radical (unpaired) electrons. The topological polar surface area (TPSA) is 107 Å². The molecule has 1 unspecified atom stereocenters. The first-order chi connectivity index (χ1) is 10.1. The zero-order chi connectivity index (χ0) is 16.7. The summed E-state index contributed by atoms with van der Waals surface area (Å²) in [5.41, 5.74) is 4.84. The van der Waals surface area contributed by atoms with Crippen molar-refractivity contribution in [3.8, 4) is 0 Å². The number of halogens is 1. The van der Waals surface area contributed by atoms with Gasteiger partial charge in [0.1, 0.15) is 17.9 Å². The normalized spacial score (nSPS) is 20.7. The van der Waals surface area contributed by atoms with Crippen molar-refractivity contribution in [1.82, 2.24) is 14.7 Å². The maximum atomic E-state index is 12.8. The van der Waals surface area contributed by atoms with Gasteiger partial charge in [-0.3, -0.25) is 19.6 Å². The number of nitrogens with zero attached hydrogens (tertiary/aromatic N) is 4. The summed E-state index contributed by atoms with van der Waals surface area (Å²) in [5.74, 6) is -0.106. The van der Waals surface area contributed by atoms with Crippen molar-refractivity contribution in [3.05, 3.63) is 22.5 Å².